The van der Waals surface area contributed by atoms with Crippen LogP contribution < -0.4 is 30.3 Å². The molecule has 0 aromatic heterocycles. The molecule has 0 fully saturated rings. The van der Waals surface area contributed by atoms with Gasteiger partial charge < -0.3 is 35.8 Å². The second-order valence-corrected chi connectivity index (χ2v) is 16.6. The van der Waals surface area contributed by atoms with Gasteiger partial charge in [0.15, 0.2) is 0 Å². The molecular weight excluding hydrogens is 817 g/mol. The summed E-state index contributed by atoms with van der Waals surface area (Å²) < 4.78 is 64.2. The standard InChI is InChI=1S/C43H49F2N5O10S/c1-25(2)39(42(55)46-23-27-12-14-29(15-13-27)43(56)59-5)49-38(52)22-37(51)36(24-60-35-20-32(44)19-33(45)21-35)48-41(54)31-16-30(17-34(18-31)50(4)61(6,57)58)40(53)47-26(3)28-10-8-7-9-11-28/h7-21,25-26,36-37,39,51H,22-24H2,1-6H3,(H,46,55)(H,47,53)(H,48,54)(H,49,52)/t26-,36+,37+,39+/m1/s1. The number of anilines is 1. The van der Waals surface area contributed by atoms with E-state index in [-0.39, 0.29) is 29.1 Å². The Morgan fingerprint density at radius 2 is 1.38 bits per heavy atom. The van der Waals surface area contributed by atoms with Crippen LogP contribution in [0.15, 0.2) is 91.0 Å². The number of benzene rings is 4. The van der Waals surface area contributed by atoms with Crippen LogP contribution in [-0.2, 0) is 30.9 Å². The Balaban J connectivity index is 1.56. The summed E-state index contributed by atoms with van der Waals surface area (Å²) in [4.78, 5) is 65.8. The molecule has 4 atom stereocenters. The Labute approximate surface area is 352 Å². The van der Waals surface area contributed by atoms with Gasteiger partial charge in [-0.05, 0) is 54.3 Å². The number of sulfonamides is 1. The van der Waals surface area contributed by atoms with Crippen molar-refractivity contribution < 1.29 is 55.8 Å². The first-order chi connectivity index (χ1) is 28.7. The van der Waals surface area contributed by atoms with Gasteiger partial charge in [0.2, 0.25) is 21.8 Å². The summed E-state index contributed by atoms with van der Waals surface area (Å²) in [6.07, 6.45) is -1.50. The van der Waals surface area contributed by atoms with Crippen LogP contribution in [0.5, 0.6) is 5.75 Å². The van der Waals surface area contributed by atoms with Gasteiger partial charge in [-0.3, -0.25) is 23.5 Å². The van der Waals surface area contributed by atoms with Crippen molar-refractivity contribution in [3.05, 3.63) is 130 Å². The first-order valence-corrected chi connectivity index (χ1v) is 20.9. The minimum absolute atomic E-state index is 0.0492. The van der Waals surface area contributed by atoms with E-state index in [0.717, 1.165) is 28.3 Å². The van der Waals surface area contributed by atoms with Gasteiger partial charge >= 0.3 is 5.97 Å². The van der Waals surface area contributed by atoms with Crippen LogP contribution in [0.3, 0.4) is 0 Å². The summed E-state index contributed by atoms with van der Waals surface area (Å²) in [6, 6.07) is 18.4. The Kier molecular flexibility index (Phi) is 16.4. The van der Waals surface area contributed by atoms with E-state index in [9.17, 15) is 46.3 Å². The van der Waals surface area contributed by atoms with Crippen LogP contribution in [0.25, 0.3) is 0 Å². The van der Waals surface area contributed by atoms with Crippen molar-refractivity contribution in [3.8, 4) is 5.75 Å². The number of hydrogen-bond donors (Lipinski definition) is 5. The SMILES string of the molecule is COC(=O)c1ccc(CNC(=O)[C@@H](NC(=O)C[C@H](O)[C@H](COc2cc(F)cc(F)c2)NC(=O)c2cc(C(=O)N[C@H](C)c3ccccc3)cc(N(C)S(C)(=O)=O)c2)C(C)C)cc1. The summed E-state index contributed by atoms with van der Waals surface area (Å²) in [6.45, 7) is 4.55. The van der Waals surface area contributed by atoms with Gasteiger partial charge in [-0.25, -0.2) is 22.0 Å². The van der Waals surface area contributed by atoms with Crippen molar-refractivity contribution in [1.82, 2.24) is 21.3 Å². The highest BCUT2D eigenvalue weighted by Crippen LogP contribution is 2.23. The quantitative estimate of drug-likeness (QED) is 0.0856. The molecule has 0 radical (unpaired) electrons. The van der Waals surface area contributed by atoms with E-state index in [1.165, 1.54) is 44.5 Å². The molecule has 61 heavy (non-hydrogen) atoms. The lowest BCUT2D eigenvalue weighted by molar-refractivity contribution is -0.131. The van der Waals surface area contributed by atoms with Gasteiger partial charge in [0.05, 0.1) is 49.2 Å². The molecule has 18 heteroatoms. The fourth-order valence-corrected chi connectivity index (χ4v) is 6.41. The van der Waals surface area contributed by atoms with Crippen molar-refractivity contribution in [2.75, 3.05) is 31.3 Å². The van der Waals surface area contributed by atoms with Crippen LogP contribution in [-0.4, -0.2) is 88.3 Å². The number of nitrogens with zero attached hydrogens (tertiary/aromatic N) is 1. The molecule has 4 amide bonds. The predicted octanol–water partition coefficient (Wildman–Crippen LogP) is 4.02. The van der Waals surface area contributed by atoms with Crippen molar-refractivity contribution in [2.24, 2.45) is 5.92 Å². The highest BCUT2D eigenvalue weighted by Gasteiger charge is 2.30. The molecule has 4 aromatic carbocycles. The number of methoxy groups -OCH3 is 1. The average molecular weight is 866 g/mol. The molecule has 326 valence electrons. The van der Waals surface area contributed by atoms with E-state index >= 15 is 0 Å². The number of carbonyl (C=O) groups is 5. The molecule has 15 nitrogen and oxygen atoms in total. The van der Waals surface area contributed by atoms with Gasteiger partial charge in [0.1, 0.15) is 30.0 Å². The van der Waals surface area contributed by atoms with E-state index < -0.39 is 94.4 Å². The van der Waals surface area contributed by atoms with Gasteiger partial charge in [0.25, 0.3) is 11.8 Å². The third-order valence-electron chi connectivity index (χ3n) is 9.50. The molecule has 0 bridgehead atoms. The Morgan fingerprint density at radius 1 is 0.787 bits per heavy atom. The number of carbonyl (C=O) groups excluding carboxylic acids is 5. The lowest BCUT2D eigenvalue weighted by atomic mass is 10.0. The zero-order chi connectivity index (χ0) is 45.0. The van der Waals surface area contributed by atoms with Crippen molar-refractivity contribution in [1.29, 1.82) is 0 Å². The van der Waals surface area contributed by atoms with E-state index in [0.29, 0.717) is 17.2 Å². The maximum atomic E-state index is 14.0. The molecular formula is C43H49F2N5O10S. The summed E-state index contributed by atoms with van der Waals surface area (Å²) in [5.74, 6) is -6.11. The van der Waals surface area contributed by atoms with E-state index in [4.69, 9.17) is 9.47 Å². The number of esters is 1. The number of amides is 4. The maximum absolute atomic E-state index is 14.0. The van der Waals surface area contributed by atoms with Crippen LogP contribution in [0, 0.1) is 17.6 Å². The average Bonchev–Trinajstić information content (AvgIpc) is 3.22. The first-order valence-electron chi connectivity index (χ1n) is 19.0. The van der Waals surface area contributed by atoms with Crippen LogP contribution in [0.4, 0.5) is 14.5 Å². The van der Waals surface area contributed by atoms with Crippen LogP contribution >= 0.6 is 0 Å². The molecule has 0 spiro atoms. The number of ether oxygens (including phenoxy) is 2. The summed E-state index contributed by atoms with van der Waals surface area (Å²) in [5, 5.41) is 22.1. The minimum atomic E-state index is -3.89. The molecule has 4 rings (SSSR count). The third kappa shape index (κ3) is 13.8. The highest BCUT2D eigenvalue weighted by molar-refractivity contribution is 7.92. The van der Waals surface area contributed by atoms with Gasteiger partial charge in [-0.15, -0.1) is 0 Å². The van der Waals surface area contributed by atoms with Crippen LogP contribution in [0.1, 0.15) is 75.4 Å². The van der Waals surface area contributed by atoms with Gasteiger partial charge in [-0.1, -0.05) is 56.3 Å². The van der Waals surface area contributed by atoms with E-state index in [2.05, 4.69) is 21.3 Å². The number of aliphatic hydroxyl groups excluding tert-OH is 1. The predicted molar refractivity (Wildman–Crippen MR) is 222 cm³/mol. The Bertz CT molecular complexity index is 2290. The highest BCUT2D eigenvalue weighted by atomic mass is 32.2. The lowest BCUT2D eigenvalue weighted by Gasteiger charge is -2.26. The smallest absolute Gasteiger partial charge is 0.337 e. The fraction of sp³-hybridized carbons (Fsp3) is 0.326. The molecule has 0 aliphatic rings. The number of aliphatic hydroxyl groups is 1. The molecule has 0 aliphatic carbocycles. The first kappa shape index (κ1) is 47.3. The molecule has 0 saturated heterocycles. The number of rotatable bonds is 19. The van der Waals surface area contributed by atoms with E-state index in [1.807, 2.05) is 6.07 Å². The summed E-state index contributed by atoms with van der Waals surface area (Å²) in [5.41, 5.74) is 1.40. The number of nitrogens with one attached hydrogen (secondary N) is 4. The zero-order valence-corrected chi connectivity index (χ0v) is 35.2. The summed E-state index contributed by atoms with van der Waals surface area (Å²) in [7, 11) is -1.40. The van der Waals surface area contributed by atoms with Crippen molar-refractivity contribution in [3.63, 3.8) is 0 Å². The number of halogens is 2. The molecule has 4 aromatic rings. The van der Waals surface area contributed by atoms with Gasteiger partial charge in [0, 0.05) is 42.9 Å². The second-order valence-electron chi connectivity index (χ2n) is 14.6. The molecule has 0 unspecified atom stereocenters. The van der Waals surface area contributed by atoms with Crippen molar-refractivity contribution in [2.45, 2.75) is 58.0 Å². The third-order valence-corrected chi connectivity index (χ3v) is 10.7. The Hall–Kier alpha value is -6.40. The normalized spacial score (nSPS) is 13.2. The maximum Gasteiger partial charge on any atom is 0.337 e. The van der Waals surface area contributed by atoms with E-state index in [1.54, 1.807) is 57.2 Å². The fourth-order valence-electron chi connectivity index (χ4n) is 5.93. The lowest BCUT2D eigenvalue weighted by Crippen LogP contribution is -2.52. The largest absolute Gasteiger partial charge is 0.491 e. The second kappa shape index (κ2) is 21.2. The zero-order valence-electron chi connectivity index (χ0n) is 34.4. The Morgan fingerprint density at radius 3 is 1.93 bits per heavy atom. The monoisotopic (exact) mass is 865 g/mol. The molecule has 0 saturated carbocycles. The van der Waals surface area contributed by atoms with Crippen molar-refractivity contribution >= 4 is 45.3 Å². The minimum Gasteiger partial charge on any atom is -0.491 e. The molecule has 0 aliphatic heterocycles. The summed E-state index contributed by atoms with van der Waals surface area (Å²) >= 11 is 0. The molecule has 5 N–H and O–H groups in total. The van der Waals surface area contributed by atoms with Gasteiger partial charge in [-0.2, -0.15) is 0 Å². The van der Waals surface area contributed by atoms with Crippen LogP contribution in [0.2, 0.25) is 0 Å². The topological polar surface area (TPSA) is 210 Å². The molecule has 0 heterocycles. The number of hydrogen-bond acceptors (Lipinski definition) is 10.